The van der Waals surface area contributed by atoms with Gasteiger partial charge in [-0.2, -0.15) is 0 Å². The van der Waals surface area contributed by atoms with Crippen molar-refractivity contribution in [2.45, 2.75) is 57.6 Å². The summed E-state index contributed by atoms with van der Waals surface area (Å²) < 4.78 is 41.2. The van der Waals surface area contributed by atoms with Crippen LogP contribution in [0.5, 0.6) is 5.75 Å². The van der Waals surface area contributed by atoms with E-state index in [4.69, 9.17) is 9.47 Å². The van der Waals surface area contributed by atoms with Crippen LogP contribution in [-0.2, 0) is 16.1 Å². The summed E-state index contributed by atoms with van der Waals surface area (Å²) in [4.78, 5) is 20.4. The summed E-state index contributed by atoms with van der Waals surface area (Å²) in [6, 6.07) is 12.6. The Morgan fingerprint density at radius 3 is 2.51 bits per heavy atom. The fourth-order valence-electron chi connectivity index (χ4n) is 6.73. The number of hydrogen-bond donors (Lipinski definition) is 1. The Kier molecular flexibility index (Phi) is 8.90. The minimum atomic E-state index is -0.779. The number of aromatic nitrogens is 1. The predicted octanol–water partition coefficient (Wildman–Crippen LogP) is 6.18. The minimum Gasteiger partial charge on any atom is -0.485 e. The third kappa shape index (κ3) is 6.68. The number of rotatable bonds is 8. The van der Waals surface area contributed by atoms with Crippen LogP contribution >= 0.6 is 0 Å². The van der Waals surface area contributed by atoms with Gasteiger partial charge in [0.05, 0.1) is 12.5 Å². The first-order valence-corrected chi connectivity index (χ1v) is 15.3. The average molecular weight is 592 g/mol. The van der Waals surface area contributed by atoms with Gasteiger partial charge in [0.25, 0.3) is 0 Å². The van der Waals surface area contributed by atoms with E-state index in [0.717, 1.165) is 62.8 Å². The number of hydrogen-bond acceptors (Lipinski definition) is 6. The molecule has 3 aromatic rings. The van der Waals surface area contributed by atoms with Gasteiger partial charge in [-0.3, -0.25) is 9.69 Å². The van der Waals surface area contributed by atoms with E-state index >= 15 is 4.39 Å². The van der Waals surface area contributed by atoms with Gasteiger partial charge in [-0.05, 0) is 98.5 Å². The third-order valence-corrected chi connectivity index (χ3v) is 9.39. The highest BCUT2D eigenvalue weighted by Crippen LogP contribution is 2.37. The number of halogens is 2. The highest BCUT2D eigenvalue weighted by Gasteiger charge is 2.29. The summed E-state index contributed by atoms with van der Waals surface area (Å²) in [5, 5.41) is 9.31. The topological polar surface area (TPSA) is 75.1 Å². The van der Waals surface area contributed by atoms with Crippen LogP contribution < -0.4 is 9.64 Å². The van der Waals surface area contributed by atoms with Gasteiger partial charge in [-0.1, -0.05) is 18.2 Å². The summed E-state index contributed by atoms with van der Waals surface area (Å²) in [6.45, 7) is 7.22. The van der Waals surface area contributed by atoms with Crippen molar-refractivity contribution in [3.05, 3.63) is 77.0 Å². The maximum absolute atomic E-state index is 15.2. The van der Waals surface area contributed by atoms with Crippen molar-refractivity contribution in [1.29, 1.82) is 0 Å². The standard InChI is InChI=1S/C34H39F2N3O4/c1-22-16-25(23-5-11-38(12-6-23)29-9-15-42-21-29)2-3-27(22)20-43-33-30(18-28(35)19-31(33)36)26-4-10-37-32(17-26)39-13-7-24(8-14-39)34(40)41/h2-4,10,16-19,23-24,29H,5-9,11-15,20-21H2,1H3,(H,40,41). The molecule has 0 radical (unpaired) electrons. The first-order chi connectivity index (χ1) is 20.9. The van der Waals surface area contributed by atoms with Crippen LogP contribution in [0.4, 0.5) is 14.6 Å². The maximum atomic E-state index is 15.2. The number of nitrogens with zero attached hydrogens (tertiary/aromatic N) is 3. The maximum Gasteiger partial charge on any atom is 0.306 e. The number of benzene rings is 2. The van der Waals surface area contributed by atoms with Crippen molar-refractivity contribution in [3.8, 4) is 16.9 Å². The van der Waals surface area contributed by atoms with E-state index in [1.807, 2.05) is 4.90 Å². The largest absolute Gasteiger partial charge is 0.485 e. The number of carboxylic acid groups (broad SMARTS) is 1. The molecule has 1 aromatic heterocycles. The SMILES string of the molecule is Cc1cc(C2CCN(C3CCOC3)CC2)ccc1COc1c(F)cc(F)cc1-c1ccnc(N2CCC(C(=O)O)CC2)c1. The normalized spacial score (nSPS) is 20.4. The van der Waals surface area contributed by atoms with E-state index < -0.39 is 17.6 Å². The van der Waals surface area contributed by atoms with Crippen LogP contribution in [0.25, 0.3) is 11.1 Å². The van der Waals surface area contributed by atoms with Crippen molar-refractivity contribution in [3.63, 3.8) is 0 Å². The molecule has 0 amide bonds. The van der Waals surface area contributed by atoms with Gasteiger partial charge in [0.15, 0.2) is 11.6 Å². The van der Waals surface area contributed by atoms with Crippen molar-refractivity contribution in [2.24, 2.45) is 5.92 Å². The smallest absolute Gasteiger partial charge is 0.306 e. The monoisotopic (exact) mass is 591 g/mol. The molecule has 0 bridgehead atoms. The first-order valence-electron chi connectivity index (χ1n) is 15.3. The second-order valence-corrected chi connectivity index (χ2v) is 12.1. The second kappa shape index (κ2) is 13.0. The molecule has 3 aliphatic heterocycles. The molecule has 2 aromatic carbocycles. The van der Waals surface area contributed by atoms with Crippen LogP contribution in [-0.4, -0.2) is 66.4 Å². The number of piperidine rings is 2. The van der Waals surface area contributed by atoms with Gasteiger partial charge in [0.1, 0.15) is 18.2 Å². The number of carboxylic acids is 1. The lowest BCUT2D eigenvalue weighted by Crippen LogP contribution is -2.41. The molecule has 228 valence electrons. The molecule has 6 rings (SSSR count). The van der Waals surface area contributed by atoms with Crippen LogP contribution in [0, 0.1) is 24.5 Å². The lowest BCUT2D eigenvalue weighted by atomic mass is 9.87. The number of aliphatic carboxylic acids is 1. The van der Waals surface area contributed by atoms with E-state index in [1.165, 1.54) is 11.6 Å². The molecule has 3 saturated heterocycles. The van der Waals surface area contributed by atoms with Gasteiger partial charge >= 0.3 is 5.97 Å². The Bertz CT molecular complexity index is 1450. The van der Waals surface area contributed by atoms with Crippen molar-refractivity contribution >= 4 is 11.8 Å². The van der Waals surface area contributed by atoms with E-state index in [0.29, 0.717) is 54.8 Å². The van der Waals surface area contributed by atoms with Crippen LogP contribution in [0.1, 0.15) is 54.7 Å². The zero-order chi connectivity index (χ0) is 29.9. The molecule has 1 unspecified atom stereocenters. The number of aryl methyl sites for hydroxylation is 1. The Labute approximate surface area is 251 Å². The molecule has 3 fully saturated rings. The third-order valence-electron chi connectivity index (χ3n) is 9.39. The highest BCUT2D eigenvalue weighted by atomic mass is 19.1. The zero-order valence-electron chi connectivity index (χ0n) is 24.6. The van der Waals surface area contributed by atoms with Crippen LogP contribution in [0.15, 0.2) is 48.7 Å². The molecule has 7 nitrogen and oxygen atoms in total. The Morgan fingerprint density at radius 2 is 1.81 bits per heavy atom. The van der Waals surface area contributed by atoms with Crippen molar-refractivity contribution in [1.82, 2.24) is 9.88 Å². The zero-order valence-corrected chi connectivity index (χ0v) is 24.6. The number of carbonyl (C=O) groups is 1. The summed E-state index contributed by atoms with van der Waals surface area (Å²) in [5.74, 6) is -1.43. The lowest BCUT2D eigenvalue weighted by Gasteiger charge is -2.35. The summed E-state index contributed by atoms with van der Waals surface area (Å²) in [6.07, 6.45) is 6.04. The molecule has 4 heterocycles. The highest BCUT2D eigenvalue weighted by molar-refractivity contribution is 5.73. The molecule has 1 atom stereocenters. The Morgan fingerprint density at radius 1 is 1.02 bits per heavy atom. The molecule has 0 spiro atoms. The molecule has 0 aliphatic carbocycles. The first kappa shape index (κ1) is 29.5. The number of likely N-dealkylation sites (tertiary alicyclic amines) is 1. The summed E-state index contributed by atoms with van der Waals surface area (Å²) in [5.41, 5.74) is 4.27. The van der Waals surface area contributed by atoms with E-state index in [9.17, 15) is 14.3 Å². The predicted molar refractivity (Wildman–Crippen MR) is 160 cm³/mol. The lowest BCUT2D eigenvalue weighted by molar-refractivity contribution is -0.142. The van der Waals surface area contributed by atoms with Gasteiger partial charge in [0.2, 0.25) is 0 Å². The summed E-state index contributed by atoms with van der Waals surface area (Å²) >= 11 is 0. The van der Waals surface area contributed by atoms with Gasteiger partial charge < -0.3 is 19.5 Å². The number of anilines is 1. The minimum absolute atomic E-state index is 0.00474. The van der Waals surface area contributed by atoms with Gasteiger partial charge in [0, 0.05) is 43.6 Å². The molecule has 43 heavy (non-hydrogen) atoms. The quantitative estimate of drug-likeness (QED) is 0.335. The van der Waals surface area contributed by atoms with Gasteiger partial charge in [-0.25, -0.2) is 13.8 Å². The Hall–Kier alpha value is -3.56. The molecule has 9 heteroatoms. The van der Waals surface area contributed by atoms with Crippen molar-refractivity contribution in [2.75, 3.05) is 44.3 Å². The Balaban J connectivity index is 1.14. The number of ether oxygens (including phenoxy) is 2. The average Bonchev–Trinajstić information content (AvgIpc) is 3.56. The molecule has 3 aliphatic rings. The fraction of sp³-hybridized carbons (Fsp3) is 0.471. The van der Waals surface area contributed by atoms with Crippen molar-refractivity contribution < 1.29 is 28.2 Å². The molecular weight excluding hydrogens is 552 g/mol. The summed E-state index contributed by atoms with van der Waals surface area (Å²) in [7, 11) is 0. The molecular formula is C34H39F2N3O4. The van der Waals surface area contributed by atoms with E-state index in [-0.39, 0.29) is 18.3 Å². The molecule has 1 N–H and O–H groups in total. The van der Waals surface area contributed by atoms with Crippen LogP contribution in [0.3, 0.4) is 0 Å². The van der Waals surface area contributed by atoms with E-state index in [1.54, 1.807) is 18.3 Å². The fourth-order valence-corrected chi connectivity index (χ4v) is 6.73. The van der Waals surface area contributed by atoms with Crippen LogP contribution in [0.2, 0.25) is 0 Å². The molecule has 0 saturated carbocycles. The number of pyridine rings is 1. The van der Waals surface area contributed by atoms with E-state index in [2.05, 4.69) is 35.0 Å². The van der Waals surface area contributed by atoms with Gasteiger partial charge in [-0.15, -0.1) is 0 Å². The second-order valence-electron chi connectivity index (χ2n) is 12.1.